The lowest BCUT2D eigenvalue weighted by atomic mass is 9.96. The Morgan fingerprint density at radius 3 is 2.90 bits per heavy atom. The minimum absolute atomic E-state index is 0.0940. The number of benzene rings is 1. The number of amides is 1. The molecule has 0 atom stereocenters. The Hall–Kier alpha value is -2.70. The van der Waals surface area contributed by atoms with Crippen LogP contribution in [0.3, 0.4) is 0 Å². The highest BCUT2D eigenvalue weighted by atomic mass is 16.4. The molecule has 2 heterocycles. The molecule has 1 aromatic carbocycles. The summed E-state index contributed by atoms with van der Waals surface area (Å²) in [4.78, 5) is 29.1. The Labute approximate surface area is 120 Å². The molecule has 0 spiro atoms. The van der Waals surface area contributed by atoms with Crippen LogP contribution in [0.2, 0.25) is 0 Å². The zero-order valence-corrected chi connectivity index (χ0v) is 11.3. The summed E-state index contributed by atoms with van der Waals surface area (Å²) in [6.07, 6.45) is 4.28. The Morgan fingerprint density at radius 2 is 2.19 bits per heavy atom. The van der Waals surface area contributed by atoms with Crippen molar-refractivity contribution in [2.24, 2.45) is 0 Å². The molecular weight excluding hydrogens is 272 g/mol. The number of carboxylic acid groups (broad SMARTS) is 1. The van der Waals surface area contributed by atoms with E-state index in [1.165, 1.54) is 17.3 Å². The summed E-state index contributed by atoms with van der Waals surface area (Å²) >= 11 is 0. The van der Waals surface area contributed by atoms with E-state index in [0.717, 1.165) is 12.0 Å². The van der Waals surface area contributed by atoms with Gasteiger partial charge < -0.3 is 10.0 Å². The lowest BCUT2D eigenvalue weighted by molar-refractivity contribution is -0.119. The molecular formula is C14H14N4O3. The molecule has 3 rings (SSSR count). The van der Waals surface area contributed by atoms with Gasteiger partial charge in [-0.25, -0.2) is 14.5 Å². The van der Waals surface area contributed by atoms with Crippen LogP contribution < -0.4 is 4.90 Å². The summed E-state index contributed by atoms with van der Waals surface area (Å²) in [6.45, 7) is 0.681. The minimum Gasteiger partial charge on any atom is -0.478 e. The monoisotopic (exact) mass is 286 g/mol. The van der Waals surface area contributed by atoms with E-state index in [-0.39, 0.29) is 18.0 Å². The number of hydrogen-bond donors (Lipinski definition) is 1. The molecule has 0 radical (unpaired) electrons. The fraction of sp³-hybridized carbons (Fsp3) is 0.286. The van der Waals surface area contributed by atoms with Gasteiger partial charge in [-0.05, 0) is 30.5 Å². The van der Waals surface area contributed by atoms with Gasteiger partial charge in [-0.2, -0.15) is 5.10 Å². The fourth-order valence-electron chi connectivity index (χ4n) is 2.62. The number of aromatic nitrogens is 3. The third-order valence-corrected chi connectivity index (χ3v) is 3.55. The van der Waals surface area contributed by atoms with Crippen molar-refractivity contribution in [2.75, 3.05) is 11.4 Å². The molecule has 1 amide bonds. The van der Waals surface area contributed by atoms with E-state index >= 15 is 0 Å². The van der Waals surface area contributed by atoms with Crippen LogP contribution in [-0.4, -0.2) is 38.3 Å². The predicted octanol–water partition coefficient (Wildman–Crippen LogP) is 0.956. The Bertz CT molecular complexity index is 682. The van der Waals surface area contributed by atoms with Crippen LogP contribution in [0, 0.1) is 0 Å². The number of hydrogen-bond acceptors (Lipinski definition) is 4. The minimum atomic E-state index is -0.961. The molecule has 2 aromatic rings. The second-order valence-corrected chi connectivity index (χ2v) is 4.85. The number of aromatic carboxylic acids is 1. The van der Waals surface area contributed by atoms with Crippen LogP contribution in [0.25, 0.3) is 0 Å². The first-order valence-electron chi connectivity index (χ1n) is 6.65. The molecule has 1 aliphatic heterocycles. The van der Waals surface area contributed by atoms with Crippen molar-refractivity contribution >= 4 is 17.6 Å². The van der Waals surface area contributed by atoms with Crippen molar-refractivity contribution in [2.45, 2.75) is 19.4 Å². The standard InChI is InChI=1S/C14H14N4O3/c19-13(7-17-9-15-8-16-17)18-6-2-4-10-11(14(20)21)3-1-5-12(10)18/h1,3,5,8-9H,2,4,6-7H2,(H,20,21). The van der Waals surface area contributed by atoms with E-state index < -0.39 is 5.97 Å². The number of fused-ring (bicyclic) bond motifs is 1. The highest BCUT2D eigenvalue weighted by molar-refractivity contribution is 5.98. The van der Waals surface area contributed by atoms with Gasteiger partial charge in [0.1, 0.15) is 19.2 Å². The van der Waals surface area contributed by atoms with E-state index in [1.54, 1.807) is 23.1 Å². The molecule has 21 heavy (non-hydrogen) atoms. The number of carbonyl (C=O) groups excluding carboxylic acids is 1. The van der Waals surface area contributed by atoms with Crippen molar-refractivity contribution in [3.63, 3.8) is 0 Å². The Balaban J connectivity index is 1.92. The highest BCUT2D eigenvalue weighted by Crippen LogP contribution is 2.30. The van der Waals surface area contributed by atoms with Crippen LogP contribution in [0.5, 0.6) is 0 Å². The molecule has 0 fully saturated rings. The lowest BCUT2D eigenvalue weighted by Crippen LogP contribution is -2.38. The summed E-state index contributed by atoms with van der Waals surface area (Å²) in [5.41, 5.74) is 1.68. The normalized spacial score (nSPS) is 13.8. The van der Waals surface area contributed by atoms with Gasteiger partial charge in [0.2, 0.25) is 5.91 Å². The van der Waals surface area contributed by atoms with Gasteiger partial charge in [0, 0.05) is 12.2 Å². The number of anilines is 1. The lowest BCUT2D eigenvalue weighted by Gasteiger charge is -2.30. The Kier molecular flexibility index (Phi) is 3.39. The zero-order chi connectivity index (χ0) is 14.8. The van der Waals surface area contributed by atoms with E-state index in [0.29, 0.717) is 18.7 Å². The topological polar surface area (TPSA) is 88.3 Å². The fourth-order valence-corrected chi connectivity index (χ4v) is 2.62. The van der Waals surface area contributed by atoms with Gasteiger partial charge in [0.15, 0.2) is 0 Å². The molecule has 7 heteroatoms. The average Bonchev–Trinajstić information content (AvgIpc) is 2.98. The van der Waals surface area contributed by atoms with Crippen LogP contribution in [0.4, 0.5) is 5.69 Å². The maximum Gasteiger partial charge on any atom is 0.336 e. The first kappa shape index (κ1) is 13.3. The summed E-state index contributed by atoms with van der Waals surface area (Å²) in [6, 6.07) is 5.04. The molecule has 0 bridgehead atoms. The molecule has 0 saturated carbocycles. The molecule has 1 N–H and O–H groups in total. The molecule has 0 aliphatic carbocycles. The number of carbonyl (C=O) groups is 2. The molecule has 108 valence electrons. The highest BCUT2D eigenvalue weighted by Gasteiger charge is 2.26. The third kappa shape index (κ3) is 2.49. The first-order chi connectivity index (χ1) is 10.2. The molecule has 1 aromatic heterocycles. The largest absolute Gasteiger partial charge is 0.478 e. The van der Waals surface area contributed by atoms with Gasteiger partial charge in [0.05, 0.1) is 5.56 Å². The number of nitrogens with zero attached hydrogens (tertiary/aromatic N) is 4. The SMILES string of the molecule is O=C(O)c1cccc2c1CCCN2C(=O)Cn1cncn1. The molecule has 0 unspecified atom stereocenters. The maximum absolute atomic E-state index is 12.4. The second kappa shape index (κ2) is 5.35. The smallest absolute Gasteiger partial charge is 0.336 e. The Morgan fingerprint density at radius 1 is 1.33 bits per heavy atom. The first-order valence-corrected chi connectivity index (χ1v) is 6.65. The summed E-state index contributed by atoms with van der Waals surface area (Å²) in [5.74, 6) is -1.08. The number of carboxylic acids is 1. The quantitative estimate of drug-likeness (QED) is 0.907. The van der Waals surface area contributed by atoms with Gasteiger partial charge in [-0.3, -0.25) is 4.79 Å². The van der Waals surface area contributed by atoms with E-state index in [4.69, 9.17) is 0 Å². The van der Waals surface area contributed by atoms with Crippen LogP contribution in [0.15, 0.2) is 30.9 Å². The number of rotatable bonds is 3. The molecule has 0 saturated heterocycles. The summed E-state index contributed by atoms with van der Waals surface area (Å²) in [7, 11) is 0. The third-order valence-electron chi connectivity index (χ3n) is 3.55. The van der Waals surface area contributed by atoms with E-state index in [2.05, 4.69) is 10.1 Å². The van der Waals surface area contributed by atoms with Gasteiger partial charge in [0.25, 0.3) is 0 Å². The van der Waals surface area contributed by atoms with Gasteiger partial charge in [-0.1, -0.05) is 6.07 Å². The van der Waals surface area contributed by atoms with Crippen molar-refractivity contribution < 1.29 is 14.7 Å². The summed E-state index contributed by atoms with van der Waals surface area (Å²) < 4.78 is 1.46. The van der Waals surface area contributed by atoms with Crippen LogP contribution >= 0.6 is 0 Å². The van der Waals surface area contributed by atoms with E-state index in [1.807, 2.05) is 0 Å². The predicted molar refractivity (Wildman–Crippen MR) is 74.1 cm³/mol. The zero-order valence-electron chi connectivity index (χ0n) is 11.3. The van der Waals surface area contributed by atoms with Crippen molar-refractivity contribution in [1.82, 2.24) is 14.8 Å². The van der Waals surface area contributed by atoms with Crippen molar-refractivity contribution in [1.29, 1.82) is 0 Å². The van der Waals surface area contributed by atoms with E-state index in [9.17, 15) is 14.7 Å². The van der Waals surface area contributed by atoms with Crippen molar-refractivity contribution in [3.05, 3.63) is 42.0 Å². The second-order valence-electron chi connectivity index (χ2n) is 4.85. The van der Waals surface area contributed by atoms with Gasteiger partial charge >= 0.3 is 5.97 Å². The van der Waals surface area contributed by atoms with Crippen molar-refractivity contribution in [3.8, 4) is 0 Å². The average molecular weight is 286 g/mol. The van der Waals surface area contributed by atoms with Crippen LogP contribution in [0.1, 0.15) is 22.3 Å². The molecule has 7 nitrogen and oxygen atoms in total. The van der Waals surface area contributed by atoms with Gasteiger partial charge in [-0.15, -0.1) is 0 Å². The molecule has 1 aliphatic rings. The summed E-state index contributed by atoms with van der Waals surface area (Å²) in [5, 5.41) is 13.2. The maximum atomic E-state index is 12.4. The van der Waals surface area contributed by atoms with Crippen LogP contribution in [-0.2, 0) is 17.8 Å².